The largest absolute Gasteiger partial charge is 0.325 e. The molecule has 0 saturated heterocycles. The van der Waals surface area contributed by atoms with Gasteiger partial charge in [-0.3, -0.25) is 4.79 Å². The van der Waals surface area contributed by atoms with Gasteiger partial charge in [0.05, 0.1) is 6.54 Å². The molecule has 0 aliphatic heterocycles. The highest BCUT2D eigenvalue weighted by Crippen LogP contribution is 2.17. The average Bonchev–Trinajstić information content (AvgIpc) is 2.47. The Morgan fingerprint density at radius 2 is 1.95 bits per heavy atom. The van der Waals surface area contributed by atoms with Crippen LogP contribution in [0.5, 0.6) is 0 Å². The summed E-state index contributed by atoms with van der Waals surface area (Å²) in [6.07, 6.45) is 0. The van der Waals surface area contributed by atoms with Crippen molar-refractivity contribution in [3.63, 3.8) is 0 Å². The maximum absolute atomic E-state index is 13.2. The van der Waals surface area contributed by atoms with E-state index in [1.807, 2.05) is 12.1 Å². The van der Waals surface area contributed by atoms with Gasteiger partial charge in [-0.2, -0.15) is 0 Å². The molecule has 0 aliphatic rings. The molecule has 2 aromatic rings. The predicted molar refractivity (Wildman–Crippen MR) is 85.5 cm³/mol. The topological polar surface area (TPSA) is 41.1 Å². The molecule has 0 saturated carbocycles. The van der Waals surface area contributed by atoms with Crippen LogP contribution in [-0.4, -0.2) is 12.5 Å². The maximum atomic E-state index is 13.2. The number of nitrogens with one attached hydrogen (secondary N) is 2. The summed E-state index contributed by atoms with van der Waals surface area (Å²) in [5.74, 6) is -2.00. The second kappa shape index (κ2) is 7.47. The molecule has 2 aromatic carbocycles. The van der Waals surface area contributed by atoms with E-state index in [1.54, 1.807) is 19.1 Å². The molecule has 0 aliphatic carbocycles. The standard InChI is InChI=1S/C16H15BrF2N2O/c1-10(11-5-6-14(18)15(19)7-11)20-9-16(22)21-13-4-2-3-12(17)8-13/h2-8,10,20H,9H2,1H3,(H,21,22)/t10-/m1/s1. The molecule has 22 heavy (non-hydrogen) atoms. The first-order valence-electron chi connectivity index (χ1n) is 6.69. The van der Waals surface area contributed by atoms with Crippen molar-refractivity contribution in [3.05, 3.63) is 64.1 Å². The third kappa shape index (κ3) is 4.61. The van der Waals surface area contributed by atoms with Crippen LogP contribution in [0.4, 0.5) is 14.5 Å². The van der Waals surface area contributed by atoms with Gasteiger partial charge < -0.3 is 10.6 Å². The third-order valence-electron chi connectivity index (χ3n) is 3.12. The number of carbonyl (C=O) groups excluding carboxylic acids is 1. The molecule has 0 spiro atoms. The quantitative estimate of drug-likeness (QED) is 0.836. The maximum Gasteiger partial charge on any atom is 0.238 e. The number of hydrogen-bond acceptors (Lipinski definition) is 2. The smallest absolute Gasteiger partial charge is 0.238 e. The van der Waals surface area contributed by atoms with Crippen molar-refractivity contribution in [2.24, 2.45) is 0 Å². The third-order valence-corrected chi connectivity index (χ3v) is 3.61. The van der Waals surface area contributed by atoms with Gasteiger partial charge in [0.2, 0.25) is 5.91 Å². The zero-order valence-electron chi connectivity index (χ0n) is 11.9. The lowest BCUT2D eigenvalue weighted by molar-refractivity contribution is -0.115. The van der Waals surface area contributed by atoms with Gasteiger partial charge in [-0.1, -0.05) is 28.1 Å². The normalized spacial score (nSPS) is 12.0. The van der Waals surface area contributed by atoms with Crippen LogP contribution in [0.2, 0.25) is 0 Å². The molecule has 3 nitrogen and oxygen atoms in total. The number of anilines is 1. The molecule has 6 heteroatoms. The van der Waals surface area contributed by atoms with E-state index < -0.39 is 11.6 Å². The van der Waals surface area contributed by atoms with Crippen molar-refractivity contribution in [3.8, 4) is 0 Å². The molecule has 0 radical (unpaired) electrons. The van der Waals surface area contributed by atoms with Crippen molar-refractivity contribution >= 4 is 27.5 Å². The molecular weight excluding hydrogens is 354 g/mol. The minimum atomic E-state index is -0.898. The first-order valence-corrected chi connectivity index (χ1v) is 7.49. The lowest BCUT2D eigenvalue weighted by Gasteiger charge is -2.14. The van der Waals surface area contributed by atoms with Crippen LogP contribution in [0.15, 0.2) is 46.9 Å². The van der Waals surface area contributed by atoms with Gasteiger partial charge in [0.25, 0.3) is 0 Å². The second-order valence-corrected chi connectivity index (χ2v) is 5.75. The molecule has 2 rings (SSSR count). The zero-order valence-corrected chi connectivity index (χ0v) is 13.5. The Kier molecular flexibility index (Phi) is 5.63. The summed E-state index contributed by atoms with van der Waals surface area (Å²) in [6.45, 7) is 1.84. The van der Waals surface area contributed by atoms with Crippen LogP contribution in [0.3, 0.4) is 0 Å². The van der Waals surface area contributed by atoms with Crippen LogP contribution >= 0.6 is 15.9 Å². The fourth-order valence-electron chi connectivity index (χ4n) is 1.92. The van der Waals surface area contributed by atoms with Gasteiger partial charge in [-0.25, -0.2) is 8.78 Å². The van der Waals surface area contributed by atoms with E-state index in [4.69, 9.17) is 0 Å². The van der Waals surface area contributed by atoms with Crippen molar-refractivity contribution < 1.29 is 13.6 Å². The van der Waals surface area contributed by atoms with Crippen molar-refractivity contribution in [1.82, 2.24) is 5.32 Å². The van der Waals surface area contributed by atoms with E-state index in [1.165, 1.54) is 6.07 Å². The summed E-state index contributed by atoms with van der Waals surface area (Å²) in [7, 11) is 0. The Morgan fingerprint density at radius 1 is 1.18 bits per heavy atom. The van der Waals surface area contributed by atoms with Crippen molar-refractivity contribution in [1.29, 1.82) is 0 Å². The van der Waals surface area contributed by atoms with Gasteiger partial charge in [-0.05, 0) is 42.8 Å². The molecule has 1 amide bonds. The Balaban J connectivity index is 1.88. The lowest BCUT2D eigenvalue weighted by atomic mass is 10.1. The Bertz CT molecular complexity index is 679. The Morgan fingerprint density at radius 3 is 2.64 bits per heavy atom. The summed E-state index contributed by atoms with van der Waals surface area (Å²) in [5, 5.41) is 5.71. The molecule has 0 unspecified atom stereocenters. The number of hydrogen-bond donors (Lipinski definition) is 2. The van der Waals surface area contributed by atoms with Gasteiger partial charge in [0.1, 0.15) is 0 Å². The minimum Gasteiger partial charge on any atom is -0.325 e. The predicted octanol–water partition coefficient (Wildman–Crippen LogP) is 4.02. The average molecular weight is 369 g/mol. The van der Waals surface area contributed by atoms with E-state index in [-0.39, 0.29) is 18.5 Å². The molecule has 1 atom stereocenters. The minimum absolute atomic E-state index is 0.0622. The first-order chi connectivity index (χ1) is 10.5. The fraction of sp³-hybridized carbons (Fsp3) is 0.188. The number of carbonyl (C=O) groups is 1. The van der Waals surface area contributed by atoms with Crippen molar-refractivity contribution in [2.75, 3.05) is 11.9 Å². The Hall–Kier alpha value is -1.79. The van der Waals surface area contributed by atoms with E-state index in [0.717, 1.165) is 16.6 Å². The number of rotatable bonds is 5. The SMILES string of the molecule is C[C@@H](NCC(=O)Nc1cccc(Br)c1)c1ccc(F)c(F)c1. The van der Waals surface area contributed by atoms with Crippen LogP contribution in [0.1, 0.15) is 18.5 Å². The van der Waals surface area contributed by atoms with Gasteiger partial charge in [-0.15, -0.1) is 0 Å². The van der Waals surface area contributed by atoms with E-state index in [9.17, 15) is 13.6 Å². The molecule has 0 bridgehead atoms. The zero-order chi connectivity index (χ0) is 16.1. The molecular formula is C16H15BrF2N2O. The summed E-state index contributed by atoms with van der Waals surface area (Å²) < 4.78 is 26.9. The van der Waals surface area contributed by atoms with E-state index in [0.29, 0.717) is 11.3 Å². The first kappa shape index (κ1) is 16.6. The van der Waals surface area contributed by atoms with E-state index in [2.05, 4.69) is 26.6 Å². The highest BCUT2D eigenvalue weighted by molar-refractivity contribution is 9.10. The second-order valence-electron chi connectivity index (χ2n) is 4.83. The number of benzene rings is 2. The van der Waals surface area contributed by atoms with Gasteiger partial charge in [0, 0.05) is 16.2 Å². The number of amides is 1. The molecule has 0 aromatic heterocycles. The monoisotopic (exact) mass is 368 g/mol. The molecule has 0 heterocycles. The molecule has 116 valence electrons. The van der Waals surface area contributed by atoms with E-state index >= 15 is 0 Å². The van der Waals surface area contributed by atoms with Gasteiger partial charge in [0.15, 0.2) is 11.6 Å². The lowest BCUT2D eigenvalue weighted by Crippen LogP contribution is -2.30. The number of halogens is 3. The van der Waals surface area contributed by atoms with Crippen LogP contribution in [0.25, 0.3) is 0 Å². The van der Waals surface area contributed by atoms with Crippen LogP contribution in [-0.2, 0) is 4.79 Å². The summed E-state index contributed by atoms with van der Waals surface area (Å²) in [4.78, 5) is 11.9. The molecule has 2 N–H and O–H groups in total. The highest BCUT2D eigenvalue weighted by atomic mass is 79.9. The van der Waals surface area contributed by atoms with Crippen LogP contribution < -0.4 is 10.6 Å². The Labute approximate surface area is 135 Å². The summed E-state index contributed by atoms with van der Waals surface area (Å²) in [5.41, 5.74) is 1.26. The van der Waals surface area contributed by atoms with Crippen LogP contribution in [0, 0.1) is 11.6 Å². The van der Waals surface area contributed by atoms with Crippen molar-refractivity contribution in [2.45, 2.75) is 13.0 Å². The van der Waals surface area contributed by atoms with Gasteiger partial charge >= 0.3 is 0 Å². The summed E-state index contributed by atoms with van der Waals surface area (Å²) in [6, 6.07) is 10.7. The summed E-state index contributed by atoms with van der Waals surface area (Å²) >= 11 is 3.32. The molecule has 0 fully saturated rings. The highest BCUT2D eigenvalue weighted by Gasteiger charge is 2.10. The fourth-order valence-corrected chi connectivity index (χ4v) is 2.32.